The highest BCUT2D eigenvalue weighted by Crippen LogP contribution is 2.25. The van der Waals surface area contributed by atoms with E-state index < -0.39 is 0 Å². The lowest BCUT2D eigenvalue weighted by Gasteiger charge is -2.09. The van der Waals surface area contributed by atoms with Gasteiger partial charge in [0.15, 0.2) is 0 Å². The first kappa shape index (κ1) is 22.8. The highest BCUT2D eigenvalue weighted by atomic mass is 35.5. The summed E-state index contributed by atoms with van der Waals surface area (Å²) >= 11 is 7.47. The van der Waals surface area contributed by atoms with E-state index in [9.17, 15) is 9.59 Å². The highest BCUT2D eigenvalue weighted by Gasteiger charge is 2.19. The average molecular weight is 485 g/mol. The Balaban J connectivity index is 1.62. The third-order valence-electron chi connectivity index (χ3n) is 4.73. The summed E-state index contributed by atoms with van der Waals surface area (Å²) in [6, 6.07) is 15.6. The molecule has 3 aromatic heterocycles. The summed E-state index contributed by atoms with van der Waals surface area (Å²) in [5.74, 6) is 0.750. The summed E-state index contributed by atoms with van der Waals surface area (Å²) in [6.45, 7) is 1.34. The topological polar surface area (TPSA) is 98.2 Å². The zero-order valence-corrected chi connectivity index (χ0v) is 19.3. The van der Waals surface area contributed by atoms with Crippen LogP contribution in [0.5, 0.6) is 5.75 Å². The fourth-order valence-corrected chi connectivity index (χ4v) is 4.13. The number of ether oxygens (including phenoxy) is 2. The number of rotatable bonds is 9. The number of nitrogens with zero attached hydrogens (tertiary/aromatic N) is 2. The minimum Gasteiger partial charge on any atom is -0.491 e. The number of carbonyl (C=O) groups excluding carboxylic acids is 1. The molecule has 0 aliphatic rings. The number of nitrogens with one attached hydrogen (secondary N) is 2. The molecule has 0 unspecified atom stereocenters. The van der Waals surface area contributed by atoms with Gasteiger partial charge < -0.3 is 19.8 Å². The van der Waals surface area contributed by atoms with E-state index in [0.29, 0.717) is 52.5 Å². The van der Waals surface area contributed by atoms with E-state index in [1.807, 2.05) is 12.1 Å². The Hall–Kier alpha value is -3.40. The van der Waals surface area contributed by atoms with Crippen molar-refractivity contribution in [2.45, 2.75) is 6.54 Å². The normalized spacial score (nSPS) is 10.8. The quantitative estimate of drug-likeness (QED) is 0.344. The maximum Gasteiger partial charge on any atom is 0.280 e. The molecule has 0 atom stereocenters. The second kappa shape index (κ2) is 10.5. The van der Waals surface area contributed by atoms with Crippen molar-refractivity contribution >= 4 is 34.7 Å². The number of aromatic nitrogens is 3. The molecule has 2 N–H and O–H groups in total. The molecule has 0 spiro atoms. The molecule has 8 nitrogen and oxygen atoms in total. The van der Waals surface area contributed by atoms with Crippen LogP contribution in [0.15, 0.2) is 65.6 Å². The number of hydrogen-bond acceptors (Lipinski definition) is 7. The van der Waals surface area contributed by atoms with Gasteiger partial charge in [-0.3, -0.25) is 9.59 Å². The second-order valence-electron chi connectivity index (χ2n) is 6.97. The summed E-state index contributed by atoms with van der Waals surface area (Å²) < 4.78 is 12.5. The van der Waals surface area contributed by atoms with Crippen LogP contribution in [0.4, 0.5) is 5.82 Å². The van der Waals surface area contributed by atoms with Crippen LogP contribution in [0.3, 0.4) is 0 Å². The van der Waals surface area contributed by atoms with Gasteiger partial charge in [0.25, 0.3) is 11.5 Å². The van der Waals surface area contributed by atoms with Gasteiger partial charge in [0.05, 0.1) is 23.1 Å². The smallest absolute Gasteiger partial charge is 0.280 e. The van der Waals surface area contributed by atoms with Crippen molar-refractivity contribution < 1.29 is 14.3 Å². The zero-order chi connectivity index (χ0) is 23.2. The number of hydrogen-bond donors (Lipinski definition) is 2. The van der Waals surface area contributed by atoms with Gasteiger partial charge in [0.1, 0.15) is 23.9 Å². The van der Waals surface area contributed by atoms with E-state index in [2.05, 4.69) is 15.4 Å². The minimum absolute atomic E-state index is 0.288. The molecule has 3 heterocycles. The van der Waals surface area contributed by atoms with Gasteiger partial charge in [0, 0.05) is 29.8 Å². The van der Waals surface area contributed by atoms with Crippen LogP contribution in [0.1, 0.15) is 15.2 Å². The molecule has 0 saturated heterocycles. The Kier molecular flexibility index (Phi) is 7.23. The monoisotopic (exact) mass is 484 g/mol. The number of thiophene rings is 1. The third kappa shape index (κ3) is 5.51. The number of aromatic amines is 1. The Morgan fingerprint density at radius 2 is 2.00 bits per heavy atom. The number of methoxy groups -OCH3 is 1. The van der Waals surface area contributed by atoms with Crippen LogP contribution < -0.4 is 15.6 Å². The van der Waals surface area contributed by atoms with Crippen LogP contribution >= 0.6 is 22.9 Å². The fourth-order valence-electron chi connectivity index (χ4n) is 3.10. The molecule has 0 amide bonds. The molecule has 0 fully saturated rings. The summed E-state index contributed by atoms with van der Waals surface area (Å²) in [5.41, 5.74) is 0.890. The van der Waals surface area contributed by atoms with Crippen molar-refractivity contribution in [3.8, 4) is 17.0 Å². The van der Waals surface area contributed by atoms with Gasteiger partial charge in [-0.05, 0) is 48.5 Å². The van der Waals surface area contributed by atoms with Crippen molar-refractivity contribution in [2.75, 3.05) is 25.6 Å². The van der Waals surface area contributed by atoms with Crippen molar-refractivity contribution in [2.24, 2.45) is 0 Å². The Labute approximate surface area is 198 Å². The first-order valence-corrected chi connectivity index (χ1v) is 11.3. The molecule has 0 saturated carbocycles. The van der Waals surface area contributed by atoms with Gasteiger partial charge in [-0.2, -0.15) is 9.78 Å². The van der Waals surface area contributed by atoms with E-state index in [1.54, 1.807) is 55.8 Å². The lowest BCUT2D eigenvalue weighted by Crippen LogP contribution is -2.17. The first-order valence-electron chi connectivity index (χ1n) is 10.1. The Morgan fingerprint density at radius 3 is 2.70 bits per heavy atom. The van der Waals surface area contributed by atoms with E-state index >= 15 is 0 Å². The SMILES string of the molecule is COCCOc1ccc(C(=O)n2nc(-c3ccc[nH]c3=O)cc2NCc2ccc(Cl)s2)cc1. The zero-order valence-electron chi connectivity index (χ0n) is 17.7. The number of pyridine rings is 1. The van der Waals surface area contributed by atoms with E-state index in [1.165, 1.54) is 16.0 Å². The summed E-state index contributed by atoms with van der Waals surface area (Å²) in [6.07, 6.45) is 1.55. The fraction of sp³-hybridized carbons (Fsp3) is 0.174. The van der Waals surface area contributed by atoms with Gasteiger partial charge >= 0.3 is 0 Å². The van der Waals surface area contributed by atoms with Gasteiger partial charge in [-0.1, -0.05) is 11.6 Å². The van der Waals surface area contributed by atoms with Crippen LogP contribution in [0.2, 0.25) is 4.34 Å². The average Bonchev–Trinajstić information content (AvgIpc) is 3.44. The van der Waals surface area contributed by atoms with E-state index in [4.69, 9.17) is 21.1 Å². The number of carbonyl (C=O) groups is 1. The second-order valence-corrected chi connectivity index (χ2v) is 8.77. The third-order valence-corrected chi connectivity index (χ3v) is 5.96. The van der Waals surface area contributed by atoms with Crippen LogP contribution in [-0.4, -0.2) is 41.0 Å². The summed E-state index contributed by atoms with van der Waals surface area (Å²) in [4.78, 5) is 29.2. The summed E-state index contributed by atoms with van der Waals surface area (Å²) in [5, 5.41) is 7.66. The minimum atomic E-state index is -0.344. The van der Waals surface area contributed by atoms with Crippen LogP contribution in [0.25, 0.3) is 11.3 Å². The molecule has 4 rings (SSSR count). The number of halogens is 1. The number of H-pyrrole nitrogens is 1. The molecule has 170 valence electrons. The van der Waals surface area contributed by atoms with Crippen molar-refractivity contribution in [1.82, 2.24) is 14.8 Å². The van der Waals surface area contributed by atoms with Crippen molar-refractivity contribution in [3.63, 3.8) is 0 Å². The van der Waals surface area contributed by atoms with E-state index in [-0.39, 0.29) is 11.5 Å². The molecule has 0 bridgehead atoms. The molecule has 0 aliphatic carbocycles. The van der Waals surface area contributed by atoms with Crippen molar-refractivity contribution in [1.29, 1.82) is 0 Å². The van der Waals surface area contributed by atoms with Gasteiger partial charge in [-0.25, -0.2) is 0 Å². The van der Waals surface area contributed by atoms with Gasteiger partial charge in [0.2, 0.25) is 0 Å². The van der Waals surface area contributed by atoms with Gasteiger partial charge in [-0.15, -0.1) is 11.3 Å². The molecule has 33 heavy (non-hydrogen) atoms. The lowest BCUT2D eigenvalue weighted by molar-refractivity contribution is 0.0947. The molecular formula is C23H21ClN4O4S. The van der Waals surface area contributed by atoms with Crippen LogP contribution in [0, 0.1) is 0 Å². The van der Waals surface area contributed by atoms with E-state index in [0.717, 1.165) is 4.88 Å². The standard InChI is InChI=1S/C23H21ClN4O4S/c1-31-11-12-32-16-6-4-15(5-7-16)23(30)28-21(26-14-17-8-9-20(24)33-17)13-19(27-28)18-3-2-10-25-22(18)29/h2-10,13,26H,11-12,14H2,1H3,(H,25,29). The predicted octanol–water partition coefficient (Wildman–Crippen LogP) is 4.28. The highest BCUT2D eigenvalue weighted by molar-refractivity contribution is 7.16. The number of benzene rings is 1. The van der Waals surface area contributed by atoms with Crippen LogP contribution in [-0.2, 0) is 11.3 Å². The Morgan fingerprint density at radius 1 is 1.18 bits per heavy atom. The van der Waals surface area contributed by atoms with Crippen molar-refractivity contribution in [3.05, 3.63) is 85.9 Å². The molecule has 10 heteroatoms. The first-order chi connectivity index (χ1) is 16.0. The molecule has 0 aliphatic heterocycles. The Bertz CT molecular complexity index is 1300. The largest absolute Gasteiger partial charge is 0.491 e. The predicted molar refractivity (Wildman–Crippen MR) is 128 cm³/mol. The molecule has 0 radical (unpaired) electrons. The molecular weight excluding hydrogens is 464 g/mol. The number of anilines is 1. The molecule has 1 aromatic carbocycles. The lowest BCUT2D eigenvalue weighted by atomic mass is 10.2. The maximum atomic E-state index is 13.3. The summed E-state index contributed by atoms with van der Waals surface area (Å²) in [7, 11) is 1.60. The maximum absolute atomic E-state index is 13.3. The molecule has 4 aromatic rings.